The van der Waals surface area contributed by atoms with E-state index in [0.717, 1.165) is 11.4 Å². The Labute approximate surface area is 145 Å². The number of nitrogens with one attached hydrogen (secondary N) is 1. The SMILES string of the molecule is CC(=O)Nc1cccc(N2CCN(S(=O)(=O)c3cccs3)CC2)c1. The van der Waals surface area contributed by atoms with Crippen molar-refractivity contribution in [2.75, 3.05) is 36.4 Å². The second-order valence-corrected chi connectivity index (χ2v) is 8.67. The van der Waals surface area contributed by atoms with E-state index in [9.17, 15) is 13.2 Å². The molecular formula is C16H19N3O3S2. The number of anilines is 2. The number of carbonyl (C=O) groups is 1. The van der Waals surface area contributed by atoms with E-state index in [1.165, 1.54) is 22.6 Å². The number of sulfonamides is 1. The highest BCUT2D eigenvalue weighted by molar-refractivity contribution is 7.91. The first-order valence-electron chi connectivity index (χ1n) is 7.63. The Morgan fingerprint density at radius 3 is 2.50 bits per heavy atom. The van der Waals surface area contributed by atoms with E-state index in [1.54, 1.807) is 17.5 Å². The van der Waals surface area contributed by atoms with Crippen LogP contribution in [-0.2, 0) is 14.8 Å². The van der Waals surface area contributed by atoms with Crippen molar-refractivity contribution in [2.24, 2.45) is 0 Å². The standard InChI is InChI=1S/C16H19N3O3S2/c1-13(20)17-14-4-2-5-15(12-14)18-7-9-19(10-8-18)24(21,22)16-6-3-11-23-16/h2-6,11-12H,7-10H2,1H3,(H,17,20). The highest BCUT2D eigenvalue weighted by Gasteiger charge is 2.29. The highest BCUT2D eigenvalue weighted by atomic mass is 32.2. The molecule has 1 aliphatic rings. The quantitative estimate of drug-likeness (QED) is 0.902. The van der Waals surface area contributed by atoms with Gasteiger partial charge in [-0.05, 0) is 29.6 Å². The lowest BCUT2D eigenvalue weighted by molar-refractivity contribution is -0.114. The number of rotatable bonds is 4. The van der Waals surface area contributed by atoms with Gasteiger partial charge in [0.05, 0.1) is 0 Å². The van der Waals surface area contributed by atoms with Crippen LogP contribution in [0.15, 0.2) is 46.0 Å². The molecule has 8 heteroatoms. The zero-order valence-electron chi connectivity index (χ0n) is 13.3. The van der Waals surface area contributed by atoms with Crippen LogP contribution >= 0.6 is 11.3 Å². The minimum atomic E-state index is -3.38. The third-order valence-electron chi connectivity index (χ3n) is 3.86. The second kappa shape index (κ2) is 6.92. The molecule has 2 aromatic rings. The van der Waals surface area contributed by atoms with Gasteiger partial charge >= 0.3 is 0 Å². The Bertz CT molecular complexity index is 811. The average molecular weight is 365 g/mol. The number of hydrogen-bond acceptors (Lipinski definition) is 5. The van der Waals surface area contributed by atoms with E-state index >= 15 is 0 Å². The Morgan fingerprint density at radius 2 is 1.88 bits per heavy atom. The summed E-state index contributed by atoms with van der Waals surface area (Å²) >= 11 is 1.24. The average Bonchev–Trinajstić information content (AvgIpc) is 3.10. The molecule has 0 aliphatic carbocycles. The number of benzene rings is 1. The molecule has 1 N–H and O–H groups in total. The van der Waals surface area contributed by atoms with Gasteiger partial charge in [0.25, 0.3) is 10.0 Å². The van der Waals surface area contributed by atoms with Crippen LogP contribution in [0.4, 0.5) is 11.4 Å². The zero-order valence-corrected chi connectivity index (χ0v) is 14.9. The molecule has 2 heterocycles. The molecule has 0 bridgehead atoms. The first-order valence-corrected chi connectivity index (χ1v) is 9.95. The monoisotopic (exact) mass is 365 g/mol. The summed E-state index contributed by atoms with van der Waals surface area (Å²) in [5, 5.41) is 4.54. The summed E-state index contributed by atoms with van der Waals surface area (Å²) < 4.78 is 27.0. The summed E-state index contributed by atoms with van der Waals surface area (Å²) in [5.41, 5.74) is 1.73. The first kappa shape index (κ1) is 16.9. The van der Waals surface area contributed by atoms with Gasteiger partial charge in [-0.25, -0.2) is 8.42 Å². The normalized spacial score (nSPS) is 16.1. The number of hydrogen-bond donors (Lipinski definition) is 1. The summed E-state index contributed by atoms with van der Waals surface area (Å²) in [6.07, 6.45) is 0. The van der Waals surface area contributed by atoms with Gasteiger partial charge in [0.1, 0.15) is 4.21 Å². The van der Waals surface area contributed by atoms with Crippen LogP contribution in [0.1, 0.15) is 6.92 Å². The molecule has 6 nitrogen and oxygen atoms in total. The predicted octanol–water partition coefficient (Wildman–Crippen LogP) is 2.22. The molecule has 0 spiro atoms. The summed E-state index contributed by atoms with van der Waals surface area (Å²) in [5.74, 6) is -0.112. The molecule has 3 rings (SSSR count). The van der Waals surface area contributed by atoms with E-state index in [2.05, 4.69) is 10.2 Å². The topological polar surface area (TPSA) is 69.7 Å². The van der Waals surface area contributed by atoms with Crippen LogP contribution in [0.2, 0.25) is 0 Å². The molecule has 128 valence electrons. The lowest BCUT2D eigenvalue weighted by atomic mass is 10.2. The van der Waals surface area contributed by atoms with E-state index in [-0.39, 0.29) is 5.91 Å². The van der Waals surface area contributed by atoms with Crippen LogP contribution < -0.4 is 10.2 Å². The molecule has 0 saturated carbocycles. The maximum atomic E-state index is 12.5. The van der Waals surface area contributed by atoms with Crippen molar-refractivity contribution in [1.82, 2.24) is 4.31 Å². The number of carbonyl (C=O) groups excluding carboxylic acids is 1. The molecule has 1 aromatic carbocycles. The molecule has 1 saturated heterocycles. The van der Waals surface area contributed by atoms with E-state index in [1.807, 2.05) is 24.3 Å². The minimum Gasteiger partial charge on any atom is -0.369 e. The predicted molar refractivity (Wildman–Crippen MR) is 96.0 cm³/mol. The third kappa shape index (κ3) is 3.61. The lowest BCUT2D eigenvalue weighted by Gasteiger charge is -2.35. The Hall–Kier alpha value is -1.90. The van der Waals surface area contributed by atoms with Crippen molar-refractivity contribution >= 4 is 38.6 Å². The van der Waals surface area contributed by atoms with E-state index in [0.29, 0.717) is 30.4 Å². The zero-order chi connectivity index (χ0) is 17.2. The van der Waals surface area contributed by atoms with Gasteiger partial charge in [0.15, 0.2) is 0 Å². The molecular weight excluding hydrogens is 346 g/mol. The van der Waals surface area contributed by atoms with Gasteiger partial charge < -0.3 is 10.2 Å². The van der Waals surface area contributed by atoms with Crippen molar-refractivity contribution in [3.05, 3.63) is 41.8 Å². The Morgan fingerprint density at radius 1 is 1.12 bits per heavy atom. The number of piperazine rings is 1. The number of thiophene rings is 1. The van der Waals surface area contributed by atoms with Crippen molar-refractivity contribution in [3.8, 4) is 0 Å². The van der Waals surface area contributed by atoms with Crippen LogP contribution in [0.25, 0.3) is 0 Å². The maximum absolute atomic E-state index is 12.5. The van der Waals surface area contributed by atoms with E-state index in [4.69, 9.17) is 0 Å². The van der Waals surface area contributed by atoms with Crippen LogP contribution in [0, 0.1) is 0 Å². The molecule has 1 aromatic heterocycles. The molecule has 0 radical (unpaired) electrons. The largest absolute Gasteiger partial charge is 0.369 e. The van der Waals surface area contributed by atoms with Gasteiger partial charge in [0.2, 0.25) is 5.91 Å². The van der Waals surface area contributed by atoms with Gasteiger partial charge in [-0.1, -0.05) is 12.1 Å². The van der Waals surface area contributed by atoms with Crippen molar-refractivity contribution in [2.45, 2.75) is 11.1 Å². The molecule has 0 unspecified atom stereocenters. The van der Waals surface area contributed by atoms with Crippen LogP contribution in [0.3, 0.4) is 0 Å². The fourth-order valence-electron chi connectivity index (χ4n) is 2.71. The van der Waals surface area contributed by atoms with Gasteiger partial charge in [-0.2, -0.15) is 4.31 Å². The molecule has 0 atom stereocenters. The molecule has 1 aliphatic heterocycles. The fraction of sp³-hybridized carbons (Fsp3) is 0.312. The lowest BCUT2D eigenvalue weighted by Crippen LogP contribution is -2.48. The number of amides is 1. The number of nitrogens with zero attached hydrogens (tertiary/aromatic N) is 2. The highest BCUT2D eigenvalue weighted by Crippen LogP contribution is 2.25. The van der Waals surface area contributed by atoms with Gasteiger partial charge in [0, 0.05) is 44.5 Å². The second-order valence-electron chi connectivity index (χ2n) is 5.55. The third-order valence-corrected chi connectivity index (χ3v) is 7.13. The smallest absolute Gasteiger partial charge is 0.252 e. The van der Waals surface area contributed by atoms with Crippen molar-refractivity contribution in [3.63, 3.8) is 0 Å². The van der Waals surface area contributed by atoms with Gasteiger partial charge in [-0.3, -0.25) is 4.79 Å². The molecule has 1 amide bonds. The summed E-state index contributed by atoms with van der Waals surface area (Å²) in [4.78, 5) is 13.3. The minimum absolute atomic E-state index is 0.112. The maximum Gasteiger partial charge on any atom is 0.252 e. The molecule has 24 heavy (non-hydrogen) atoms. The fourth-order valence-corrected chi connectivity index (χ4v) is 5.27. The summed E-state index contributed by atoms with van der Waals surface area (Å²) in [6, 6.07) is 11.0. The van der Waals surface area contributed by atoms with Crippen molar-refractivity contribution in [1.29, 1.82) is 0 Å². The van der Waals surface area contributed by atoms with Gasteiger partial charge in [-0.15, -0.1) is 11.3 Å². The van der Waals surface area contributed by atoms with Crippen molar-refractivity contribution < 1.29 is 13.2 Å². The Kier molecular flexibility index (Phi) is 4.88. The first-order chi connectivity index (χ1) is 11.5. The summed E-state index contributed by atoms with van der Waals surface area (Å²) in [6.45, 7) is 3.61. The Balaban J connectivity index is 1.68. The molecule has 1 fully saturated rings. The summed E-state index contributed by atoms with van der Waals surface area (Å²) in [7, 11) is -3.38. The van der Waals surface area contributed by atoms with E-state index < -0.39 is 10.0 Å². The van der Waals surface area contributed by atoms with Crippen LogP contribution in [0.5, 0.6) is 0 Å². The van der Waals surface area contributed by atoms with Crippen LogP contribution in [-0.4, -0.2) is 44.8 Å².